The molecule has 0 saturated carbocycles. The van der Waals surface area contributed by atoms with Crippen molar-refractivity contribution in [3.8, 4) is 0 Å². The molecule has 0 aromatic carbocycles. The second-order valence-electron chi connectivity index (χ2n) is 9.35. The van der Waals surface area contributed by atoms with Crippen molar-refractivity contribution in [3.63, 3.8) is 0 Å². The van der Waals surface area contributed by atoms with Crippen LogP contribution in [0, 0.1) is 0 Å². The molecule has 1 rings (SSSR count). The van der Waals surface area contributed by atoms with Gasteiger partial charge in [-0.2, -0.15) is 0 Å². The van der Waals surface area contributed by atoms with Gasteiger partial charge in [0, 0.05) is 25.5 Å². The molecule has 0 N–H and O–H groups in total. The fourth-order valence-corrected chi connectivity index (χ4v) is 4.63. The Kier molecular flexibility index (Phi) is 17.6. The molecule has 1 atom stereocenters. The van der Waals surface area contributed by atoms with Crippen LogP contribution in [0.3, 0.4) is 0 Å². The van der Waals surface area contributed by atoms with E-state index in [1.165, 1.54) is 135 Å². The van der Waals surface area contributed by atoms with Crippen LogP contribution in [-0.2, 0) is 0 Å². The SMILES string of the molecule is CCCCCCCCCCCCN1C=CN(CCCCCCCCC)C1CCC. The van der Waals surface area contributed by atoms with E-state index in [1.54, 1.807) is 0 Å². The van der Waals surface area contributed by atoms with Crippen LogP contribution in [0.25, 0.3) is 0 Å². The lowest BCUT2D eigenvalue weighted by molar-refractivity contribution is 0.138. The van der Waals surface area contributed by atoms with Gasteiger partial charge in [0.15, 0.2) is 0 Å². The lowest BCUT2D eigenvalue weighted by Gasteiger charge is -2.33. The van der Waals surface area contributed by atoms with E-state index in [0.717, 1.165) is 0 Å². The van der Waals surface area contributed by atoms with Gasteiger partial charge in [0.1, 0.15) is 6.17 Å². The van der Waals surface area contributed by atoms with Gasteiger partial charge in [-0.3, -0.25) is 0 Å². The third kappa shape index (κ3) is 13.3. The van der Waals surface area contributed by atoms with Gasteiger partial charge in [0.05, 0.1) is 0 Å². The molecule has 1 unspecified atom stereocenters. The third-order valence-electron chi connectivity index (χ3n) is 6.55. The van der Waals surface area contributed by atoms with E-state index >= 15 is 0 Å². The second kappa shape index (κ2) is 19.3. The van der Waals surface area contributed by atoms with Crippen molar-refractivity contribution in [3.05, 3.63) is 12.4 Å². The van der Waals surface area contributed by atoms with Crippen LogP contribution in [0.1, 0.15) is 143 Å². The Labute approximate surface area is 184 Å². The summed E-state index contributed by atoms with van der Waals surface area (Å²) in [4.78, 5) is 5.27. The first-order chi connectivity index (χ1) is 14.3. The van der Waals surface area contributed by atoms with Crippen molar-refractivity contribution in [1.29, 1.82) is 0 Å². The van der Waals surface area contributed by atoms with E-state index in [-0.39, 0.29) is 0 Å². The average Bonchev–Trinajstić information content (AvgIpc) is 3.10. The molecule has 2 heteroatoms. The van der Waals surface area contributed by atoms with E-state index in [1.807, 2.05) is 0 Å². The topological polar surface area (TPSA) is 6.48 Å². The predicted molar refractivity (Wildman–Crippen MR) is 131 cm³/mol. The summed E-state index contributed by atoms with van der Waals surface area (Å²) in [5.41, 5.74) is 0. The van der Waals surface area contributed by atoms with Crippen molar-refractivity contribution in [2.24, 2.45) is 0 Å². The number of rotatable bonds is 21. The van der Waals surface area contributed by atoms with Crippen LogP contribution in [0.15, 0.2) is 12.4 Å². The maximum atomic E-state index is 2.63. The monoisotopic (exact) mass is 406 g/mol. The summed E-state index contributed by atoms with van der Waals surface area (Å²) < 4.78 is 0. The van der Waals surface area contributed by atoms with Gasteiger partial charge >= 0.3 is 0 Å². The van der Waals surface area contributed by atoms with E-state index in [2.05, 4.69) is 43.0 Å². The van der Waals surface area contributed by atoms with E-state index < -0.39 is 0 Å². The Bertz CT molecular complexity index is 366. The smallest absolute Gasteiger partial charge is 0.101 e. The Morgan fingerprint density at radius 3 is 1.14 bits per heavy atom. The van der Waals surface area contributed by atoms with Crippen LogP contribution >= 0.6 is 0 Å². The zero-order valence-electron chi connectivity index (χ0n) is 20.5. The first-order valence-electron chi connectivity index (χ1n) is 13.5. The Morgan fingerprint density at radius 2 is 0.793 bits per heavy atom. The van der Waals surface area contributed by atoms with Gasteiger partial charge in [-0.1, -0.05) is 124 Å². The molecule has 1 heterocycles. The number of nitrogens with zero attached hydrogens (tertiary/aromatic N) is 2. The van der Waals surface area contributed by atoms with Crippen molar-refractivity contribution in [1.82, 2.24) is 9.80 Å². The summed E-state index contributed by atoms with van der Waals surface area (Å²) in [5.74, 6) is 0. The summed E-state index contributed by atoms with van der Waals surface area (Å²) in [7, 11) is 0. The molecule has 29 heavy (non-hydrogen) atoms. The zero-order valence-corrected chi connectivity index (χ0v) is 20.5. The van der Waals surface area contributed by atoms with E-state index in [0.29, 0.717) is 6.17 Å². The average molecular weight is 407 g/mol. The van der Waals surface area contributed by atoms with Crippen LogP contribution in [0.2, 0.25) is 0 Å². The minimum Gasteiger partial charge on any atom is -0.356 e. The fraction of sp³-hybridized carbons (Fsp3) is 0.926. The normalized spacial score (nSPS) is 16.3. The fourth-order valence-electron chi connectivity index (χ4n) is 4.63. The molecule has 1 aliphatic heterocycles. The van der Waals surface area contributed by atoms with Crippen LogP contribution in [0.5, 0.6) is 0 Å². The maximum Gasteiger partial charge on any atom is 0.101 e. The molecule has 172 valence electrons. The lowest BCUT2D eigenvalue weighted by atomic mass is 10.1. The molecular formula is C27H54N2. The predicted octanol–water partition coefficient (Wildman–Crippen LogP) is 8.87. The highest BCUT2D eigenvalue weighted by atomic mass is 15.4. The minimum atomic E-state index is 0.638. The molecule has 2 nitrogen and oxygen atoms in total. The van der Waals surface area contributed by atoms with Crippen LogP contribution in [-0.4, -0.2) is 29.1 Å². The quantitative estimate of drug-likeness (QED) is 0.176. The summed E-state index contributed by atoms with van der Waals surface area (Å²) in [5, 5.41) is 0. The Morgan fingerprint density at radius 1 is 0.448 bits per heavy atom. The number of hydrogen-bond donors (Lipinski definition) is 0. The van der Waals surface area contributed by atoms with E-state index in [4.69, 9.17) is 0 Å². The van der Waals surface area contributed by atoms with Gasteiger partial charge < -0.3 is 9.80 Å². The molecule has 0 radical (unpaired) electrons. The molecule has 0 aromatic rings. The second-order valence-corrected chi connectivity index (χ2v) is 9.35. The molecule has 0 saturated heterocycles. The molecular weight excluding hydrogens is 352 g/mol. The first-order valence-corrected chi connectivity index (χ1v) is 13.5. The molecule has 1 aliphatic rings. The lowest BCUT2D eigenvalue weighted by Crippen LogP contribution is -2.39. The number of unbranched alkanes of at least 4 members (excludes halogenated alkanes) is 15. The molecule has 0 amide bonds. The molecule has 0 fully saturated rings. The van der Waals surface area contributed by atoms with Gasteiger partial charge in [-0.25, -0.2) is 0 Å². The molecule has 0 bridgehead atoms. The maximum absolute atomic E-state index is 2.63. The Hall–Kier alpha value is -0.660. The highest BCUT2D eigenvalue weighted by Crippen LogP contribution is 2.22. The molecule has 0 aliphatic carbocycles. The van der Waals surface area contributed by atoms with Crippen molar-refractivity contribution >= 4 is 0 Å². The summed E-state index contributed by atoms with van der Waals surface area (Å²) in [6, 6.07) is 0. The highest BCUT2D eigenvalue weighted by molar-refractivity contribution is 4.96. The van der Waals surface area contributed by atoms with Gasteiger partial charge in [0.25, 0.3) is 0 Å². The van der Waals surface area contributed by atoms with Gasteiger partial charge in [-0.05, 0) is 19.3 Å². The van der Waals surface area contributed by atoms with Crippen molar-refractivity contribution < 1.29 is 0 Å². The van der Waals surface area contributed by atoms with Gasteiger partial charge in [0.2, 0.25) is 0 Å². The summed E-state index contributed by atoms with van der Waals surface area (Å²) in [6.07, 6.45) is 32.1. The van der Waals surface area contributed by atoms with Crippen LogP contribution < -0.4 is 0 Å². The largest absolute Gasteiger partial charge is 0.356 e. The van der Waals surface area contributed by atoms with Crippen LogP contribution in [0.4, 0.5) is 0 Å². The molecule has 0 aromatic heterocycles. The summed E-state index contributed by atoms with van der Waals surface area (Å²) in [6.45, 7) is 9.45. The number of hydrogen-bond acceptors (Lipinski definition) is 2. The summed E-state index contributed by atoms with van der Waals surface area (Å²) >= 11 is 0. The standard InChI is InChI=1S/C27H54N2/c1-4-7-9-11-13-14-15-17-19-21-24-29-26-25-28(27(29)22-6-3)23-20-18-16-12-10-8-5-2/h25-27H,4-24H2,1-3H3. The first kappa shape index (κ1) is 26.4. The van der Waals surface area contributed by atoms with E-state index in [9.17, 15) is 0 Å². The van der Waals surface area contributed by atoms with Crippen molar-refractivity contribution in [2.45, 2.75) is 149 Å². The third-order valence-corrected chi connectivity index (χ3v) is 6.55. The van der Waals surface area contributed by atoms with Crippen molar-refractivity contribution in [2.75, 3.05) is 13.1 Å². The highest BCUT2D eigenvalue weighted by Gasteiger charge is 2.24. The van der Waals surface area contributed by atoms with Gasteiger partial charge in [-0.15, -0.1) is 0 Å². The Balaban J connectivity index is 2.07. The molecule has 0 spiro atoms. The zero-order chi connectivity index (χ0) is 21.0. The minimum absolute atomic E-state index is 0.638.